The van der Waals surface area contributed by atoms with Crippen molar-refractivity contribution in [1.29, 1.82) is 0 Å². The van der Waals surface area contributed by atoms with Gasteiger partial charge in [-0.25, -0.2) is 0 Å². The second kappa shape index (κ2) is 3.79. The SMILES string of the molecule is COc1cc[c]c(C2CCNC2)c1. The summed E-state index contributed by atoms with van der Waals surface area (Å²) in [5.41, 5.74) is 1.27. The largest absolute Gasteiger partial charge is 0.497 e. The van der Waals surface area contributed by atoms with Gasteiger partial charge in [0.05, 0.1) is 7.11 Å². The summed E-state index contributed by atoms with van der Waals surface area (Å²) in [5, 5.41) is 3.35. The Bertz CT molecular complexity index is 279. The van der Waals surface area contributed by atoms with Crippen molar-refractivity contribution in [3.63, 3.8) is 0 Å². The summed E-state index contributed by atoms with van der Waals surface area (Å²) < 4.78 is 5.17. The Morgan fingerprint density at radius 1 is 1.62 bits per heavy atom. The van der Waals surface area contributed by atoms with Gasteiger partial charge < -0.3 is 10.1 Å². The van der Waals surface area contributed by atoms with Crippen LogP contribution in [0.2, 0.25) is 0 Å². The quantitative estimate of drug-likeness (QED) is 0.738. The number of benzene rings is 1. The van der Waals surface area contributed by atoms with Gasteiger partial charge >= 0.3 is 0 Å². The van der Waals surface area contributed by atoms with E-state index < -0.39 is 0 Å². The molecule has 1 fully saturated rings. The van der Waals surface area contributed by atoms with Gasteiger partial charge in [0.2, 0.25) is 0 Å². The van der Waals surface area contributed by atoms with Gasteiger partial charge in [-0.05, 0) is 42.6 Å². The molecule has 1 aromatic carbocycles. The number of hydrogen-bond acceptors (Lipinski definition) is 2. The third kappa shape index (κ3) is 1.83. The Morgan fingerprint density at radius 2 is 2.54 bits per heavy atom. The van der Waals surface area contributed by atoms with E-state index in [1.165, 1.54) is 12.0 Å². The van der Waals surface area contributed by atoms with Crippen LogP contribution in [-0.4, -0.2) is 20.2 Å². The van der Waals surface area contributed by atoms with Crippen LogP contribution in [0, 0.1) is 6.07 Å². The van der Waals surface area contributed by atoms with Crippen LogP contribution in [0.1, 0.15) is 17.9 Å². The lowest BCUT2D eigenvalue weighted by Crippen LogP contribution is -2.07. The van der Waals surface area contributed by atoms with E-state index in [9.17, 15) is 0 Å². The topological polar surface area (TPSA) is 21.3 Å². The molecule has 0 bridgehead atoms. The molecular weight excluding hydrogens is 162 g/mol. The number of rotatable bonds is 2. The smallest absolute Gasteiger partial charge is 0.119 e. The van der Waals surface area contributed by atoms with Gasteiger partial charge in [0.1, 0.15) is 5.75 Å². The number of nitrogens with one attached hydrogen (secondary N) is 1. The maximum absolute atomic E-state index is 5.17. The van der Waals surface area contributed by atoms with Crippen LogP contribution >= 0.6 is 0 Å². The van der Waals surface area contributed by atoms with Crippen molar-refractivity contribution < 1.29 is 4.74 Å². The second-order valence-electron chi connectivity index (χ2n) is 3.37. The highest BCUT2D eigenvalue weighted by Gasteiger charge is 2.16. The lowest BCUT2D eigenvalue weighted by atomic mass is 9.98. The van der Waals surface area contributed by atoms with Gasteiger partial charge in [-0.2, -0.15) is 0 Å². The summed E-state index contributed by atoms with van der Waals surface area (Å²) >= 11 is 0. The van der Waals surface area contributed by atoms with Gasteiger partial charge in [-0.3, -0.25) is 0 Å². The van der Waals surface area contributed by atoms with Crippen LogP contribution in [0.15, 0.2) is 18.2 Å². The summed E-state index contributed by atoms with van der Waals surface area (Å²) in [6.45, 7) is 2.19. The Kier molecular flexibility index (Phi) is 2.50. The lowest BCUT2D eigenvalue weighted by molar-refractivity contribution is 0.414. The Hall–Kier alpha value is -1.02. The fourth-order valence-corrected chi connectivity index (χ4v) is 1.75. The number of methoxy groups -OCH3 is 1. The van der Waals surface area contributed by atoms with Gasteiger partial charge in [0, 0.05) is 6.54 Å². The van der Waals surface area contributed by atoms with Gasteiger partial charge in [0.15, 0.2) is 0 Å². The van der Waals surface area contributed by atoms with Gasteiger partial charge in [-0.15, -0.1) is 0 Å². The molecular formula is C11H14NO. The van der Waals surface area contributed by atoms with Crippen molar-refractivity contribution in [3.8, 4) is 5.75 Å². The zero-order valence-electron chi connectivity index (χ0n) is 7.84. The molecule has 1 heterocycles. The third-order valence-corrected chi connectivity index (χ3v) is 2.53. The van der Waals surface area contributed by atoms with Crippen molar-refractivity contribution in [1.82, 2.24) is 5.32 Å². The molecule has 1 aromatic rings. The van der Waals surface area contributed by atoms with Crippen LogP contribution in [0.4, 0.5) is 0 Å². The first-order valence-electron chi connectivity index (χ1n) is 4.66. The number of hydrogen-bond donors (Lipinski definition) is 1. The van der Waals surface area contributed by atoms with E-state index in [1.807, 2.05) is 12.1 Å². The summed E-state index contributed by atoms with van der Waals surface area (Å²) in [7, 11) is 1.70. The van der Waals surface area contributed by atoms with Crippen LogP contribution in [0.25, 0.3) is 0 Å². The van der Waals surface area contributed by atoms with Crippen molar-refractivity contribution in [2.24, 2.45) is 0 Å². The monoisotopic (exact) mass is 176 g/mol. The predicted molar refractivity (Wildman–Crippen MR) is 52.1 cm³/mol. The first kappa shape index (κ1) is 8.57. The molecule has 0 aliphatic carbocycles. The zero-order chi connectivity index (χ0) is 9.10. The normalized spacial score (nSPS) is 21.8. The van der Waals surface area contributed by atoms with Crippen LogP contribution in [0.5, 0.6) is 5.75 Å². The summed E-state index contributed by atoms with van der Waals surface area (Å²) in [6.07, 6.45) is 1.21. The van der Waals surface area contributed by atoms with Gasteiger partial charge in [-0.1, -0.05) is 6.07 Å². The first-order valence-corrected chi connectivity index (χ1v) is 4.66. The summed E-state index contributed by atoms with van der Waals surface area (Å²) in [6, 6.07) is 9.22. The minimum atomic E-state index is 0.620. The Labute approximate surface area is 78.9 Å². The Morgan fingerprint density at radius 3 is 3.23 bits per heavy atom. The fourth-order valence-electron chi connectivity index (χ4n) is 1.75. The molecule has 2 heteroatoms. The molecule has 0 spiro atoms. The lowest BCUT2D eigenvalue weighted by Gasteiger charge is -2.09. The molecule has 0 saturated carbocycles. The van der Waals surface area contributed by atoms with E-state index in [2.05, 4.69) is 17.4 Å². The molecule has 1 aliphatic rings. The third-order valence-electron chi connectivity index (χ3n) is 2.53. The highest BCUT2D eigenvalue weighted by Crippen LogP contribution is 2.24. The highest BCUT2D eigenvalue weighted by molar-refractivity contribution is 5.30. The molecule has 2 nitrogen and oxygen atoms in total. The second-order valence-corrected chi connectivity index (χ2v) is 3.37. The van der Waals surface area contributed by atoms with E-state index in [0.29, 0.717) is 5.92 Å². The van der Waals surface area contributed by atoms with E-state index in [0.717, 1.165) is 18.8 Å². The molecule has 69 valence electrons. The van der Waals surface area contributed by atoms with E-state index in [-0.39, 0.29) is 0 Å². The summed E-state index contributed by atoms with van der Waals surface area (Å²) in [5.74, 6) is 1.55. The molecule has 1 atom stereocenters. The van der Waals surface area contributed by atoms with Crippen molar-refractivity contribution in [3.05, 3.63) is 29.8 Å². The van der Waals surface area contributed by atoms with Gasteiger partial charge in [0.25, 0.3) is 0 Å². The van der Waals surface area contributed by atoms with Crippen LogP contribution in [-0.2, 0) is 0 Å². The molecule has 0 amide bonds. The van der Waals surface area contributed by atoms with Crippen molar-refractivity contribution in [2.45, 2.75) is 12.3 Å². The molecule has 1 radical (unpaired) electrons. The Balaban J connectivity index is 2.18. The molecule has 1 aliphatic heterocycles. The summed E-state index contributed by atoms with van der Waals surface area (Å²) in [4.78, 5) is 0. The minimum absolute atomic E-state index is 0.620. The van der Waals surface area contributed by atoms with Crippen molar-refractivity contribution in [2.75, 3.05) is 20.2 Å². The van der Waals surface area contributed by atoms with E-state index >= 15 is 0 Å². The predicted octanol–water partition coefficient (Wildman–Crippen LogP) is 1.57. The zero-order valence-corrected chi connectivity index (χ0v) is 7.84. The molecule has 0 aromatic heterocycles. The van der Waals surface area contributed by atoms with E-state index in [1.54, 1.807) is 7.11 Å². The molecule has 2 rings (SSSR count). The van der Waals surface area contributed by atoms with Crippen molar-refractivity contribution >= 4 is 0 Å². The number of ether oxygens (including phenoxy) is 1. The average Bonchev–Trinajstić information content (AvgIpc) is 2.71. The van der Waals surface area contributed by atoms with Crippen LogP contribution in [0.3, 0.4) is 0 Å². The van der Waals surface area contributed by atoms with E-state index in [4.69, 9.17) is 4.74 Å². The first-order chi connectivity index (χ1) is 6.40. The highest BCUT2D eigenvalue weighted by atomic mass is 16.5. The maximum atomic E-state index is 5.17. The standard InChI is InChI=1S/C11H14NO/c1-13-11-4-2-3-9(7-11)10-5-6-12-8-10/h2,4,7,10,12H,5-6,8H2,1H3. The molecule has 1 N–H and O–H groups in total. The molecule has 1 saturated heterocycles. The minimum Gasteiger partial charge on any atom is -0.497 e. The molecule has 1 unspecified atom stereocenters. The fraction of sp³-hybridized carbons (Fsp3) is 0.455. The maximum Gasteiger partial charge on any atom is 0.119 e. The average molecular weight is 176 g/mol. The molecule has 13 heavy (non-hydrogen) atoms. The van der Waals surface area contributed by atoms with Crippen LogP contribution < -0.4 is 10.1 Å².